The largest absolute Gasteiger partial charge is 0.339 e. The molecule has 0 saturated carbocycles. The Morgan fingerprint density at radius 3 is 2.54 bits per heavy atom. The van der Waals surface area contributed by atoms with Gasteiger partial charge in [0.2, 0.25) is 5.95 Å². The molecule has 3 aromatic rings. The molecule has 1 unspecified atom stereocenters. The maximum Gasteiger partial charge on any atom is 0.229 e. The Balaban J connectivity index is 1.74. The molecule has 4 rings (SSSR count). The molecule has 0 amide bonds. The number of rotatable bonds is 4. The summed E-state index contributed by atoms with van der Waals surface area (Å²) in [6.45, 7) is 4.06. The molecule has 6 heteroatoms. The lowest BCUT2D eigenvalue weighted by Gasteiger charge is -2.23. The number of nitrogens with zero attached hydrogens (tertiary/aromatic N) is 2. The van der Waals surface area contributed by atoms with Crippen molar-refractivity contribution in [1.29, 1.82) is 0 Å². The molecule has 2 aromatic carbocycles. The molecule has 1 heterocycles. The first-order valence-electron chi connectivity index (χ1n) is 9.28. The average molecular weight is 376 g/mol. The average Bonchev–Trinajstić information content (AvgIpc) is 2.63. The zero-order chi connectivity index (χ0) is 19.7. The summed E-state index contributed by atoms with van der Waals surface area (Å²) < 4.78 is 13.2. The van der Waals surface area contributed by atoms with Crippen LogP contribution in [0.15, 0.2) is 48.5 Å². The molecule has 0 spiro atoms. The number of aryl methyl sites for hydroxylation is 1. The van der Waals surface area contributed by atoms with Crippen molar-refractivity contribution >= 4 is 28.9 Å². The van der Waals surface area contributed by atoms with Gasteiger partial charge in [0.05, 0.1) is 11.3 Å². The summed E-state index contributed by atoms with van der Waals surface area (Å²) in [6.07, 6.45) is 1.18. The molecular formula is C22H21FN4O. The van der Waals surface area contributed by atoms with Gasteiger partial charge in [0.1, 0.15) is 11.6 Å². The number of Topliss-reactive ketones (excluding diaryl/α,β-unsaturated/α-hetero) is 1. The van der Waals surface area contributed by atoms with Crippen molar-refractivity contribution in [3.05, 3.63) is 71.2 Å². The third-order valence-electron chi connectivity index (χ3n) is 4.72. The third kappa shape index (κ3) is 3.86. The molecule has 0 aliphatic heterocycles. The van der Waals surface area contributed by atoms with E-state index in [9.17, 15) is 9.18 Å². The number of fused-ring (bicyclic) bond motifs is 1. The Hall–Kier alpha value is -3.28. The molecule has 0 saturated heterocycles. The van der Waals surface area contributed by atoms with E-state index in [4.69, 9.17) is 0 Å². The Bertz CT molecular complexity index is 1030. The summed E-state index contributed by atoms with van der Waals surface area (Å²) in [5, 5.41) is 6.39. The first-order chi connectivity index (χ1) is 13.5. The molecule has 142 valence electrons. The number of aromatic nitrogens is 2. The summed E-state index contributed by atoms with van der Waals surface area (Å²) in [5.74, 6) is 0.822. The fourth-order valence-electron chi connectivity index (χ4n) is 3.44. The van der Waals surface area contributed by atoms with Gasteiger partial charge in [0.25, 0.3) is 0 Å². The molecule has 0 bridgehead atoms. The lowest BCUT2D eigenvalue weighted by Crippen LogP contribution is -2.22. The van der Waals surface area contributed by atoms with Gasteiger partial charge in [-0.3, -0.25) is 4.79 Å². The van der Waals surface area contributed by atoms with Crippen molar-refractivity contribution in [1.82, 2.24) is 9.97 Å². The van der Waals surface area contributed by atoms with Crippen LogP contribution in [0.5, 0.6) is 0 Å². The number of benzene rings is 2. The van der Waals surface area contributed by atoms with Crippen LogP contribution in [0.2, 0.25) is 0 Å². The van der Waals surface area contributed by atoms with Crippen LogP contribution in [-0.2, 0) is 6.42 Å². The monoisotopic (exact) mass is 376 g/mol. The van der Waals surface area contributed by atoms with Gasteiger partial charge in [-0.15, -0.1) is 0 Å². The van der Waals surface area contributed by atoms with Gasteiger partial charge in [0.15, 0.2) is 5.78 Å². The first kappa shape index (κ1) is 18.1. The number of nitrogens with one attached hydrogen (secondary N) is 2. The van der Waals surface area contributed by atoms with Crippen LogP contribution < -0.4 is 10.6 Å². The minimum atomic E-state index is -0.318. The number of hydrogen-bond acceptors (Lipinski definition) is 5. The molecule has 1 atom stereocenters. The summed E-state index contributed by atoms with van der Waals surface area (Å²) in [6, 6.07) is 13.9. The Morgan fingerprint density at radius 2 is 1.79 bits per heavy atom. The lowest BCUT2D eigenvalue weighted by atomic mass is 9.87. The van der Waals surface area contributed by atoms with Crippen LogP contribution in [-0.4, -0.2) is 15.8 Å². The Morgan fingerprint density at radius 1 is 1.00 bits per heavy atom. The lowest BCUT2D eigenvalue weighted by molar-refractivity contribution is 0.0953. The zero-order valence-corrected chi connectivity index (χ0v) is 15.8. The smallest absolute Gasteiger partial charge is 0.229 e. The summed E-state index contributed by atoms with van der Waals surface area (Å²) in [7, 11) is 0. The highest BCUT2D eigenvalue weighted by atomic mass is 19.1. The minimum Gasteiger partial charge on any atom is -0.339 e. The van der Waals surface area contributed by atoms with Gasteiger partial charge in [-0.25, -0.2) is 9.37 Å². The number of anilines is 4. The van der Waals surface area contributed by atoms with Gasteiger partial charge in [0, 0.05) is 17.8 Å². The van der Waals surface area contributed by atoms with E-state index in [0.717, 1.165) is 16.9 Å². The van der Waals surface area contributed by atoms with Crippen molar-refractivity contribution < 1.29 is 9.18 Å². The summed E-state index contributed by atoms with van der Waals surface area (Å²) in [5.41, 5.74) is 3.92. The zero-order valence-electron chi connectivity index (χ0n) is 15.8. The number of ketones is 1. The molecular weight excluding hydrogens is 355 g/mol. The highest BCUT2D eigenvalue weighted by molar-refractivity contribution is 6.03. The van der Waals surface area contributed by atoms with E-state index in [2.05, 4.69) is 20.6 Å². The molecule has 2 N–H and O–H groups in total. The standard InChI is InChI=1S/C22H21FN4O/c1-13-4-3-5-17(10-13)25-22-26-18-11-14(2)12-19(28)20(18)21(27-22)24-16-8-6-15(23)7-9-16/h3-10,14H,11-12H2,1-2H3,(H2,24,25,26,27). The predicted octanol–water partition coefficient (Wildman–Crippen LogP) is 5.18. The molecule has 28 heavy (non-hydrogen) atoms. The fraction of sp³-hybridized carbons (Fsp3) is 0.227. The second-order valence-electron chi connectivity index (χ2n) is 7.28. The van der Waals surface area contributed by atoms with Gasteiger partial charge >= 0.3 is 0 Å². The van der Waals surface area contributed by atoms with Gasteiger partial charge in [-0.05, 0) is 61.2 Å². The molecule has 1 aromatic heterocycles. The number of hydrogen-bond donors (Lipinski definition) is 2. The van der Waals surface area contributed by atoms with Crippen LogP contribution in [0.25, 0.3) is 0 Å². The summed E-state index contributed by atoms with van der Waals surface area (Å²) >= 11 is 0. The van der Waals surface area contributed by atoms with Crippen LogP contribution in [0, 0.1) is 18.7 Å². The minimum absolute atomic E-state index is 0.0282. The highest BCUT2D eigenvalue weighted by Gasteiger charge is 2.28. The highest BCUT2D eigenvalue weighted by Crippen LogP contribution is 2.32. The van der Waals surface area contributed by atoms with E-state index in [1.807, 2.05) is 38.1 Å². The maximum atomic E-state index is 13.2. The van der Waals surface area contributed by atoms with E-state index in [1.165, 1.54) is 12.1 Å². The SMILES string of the molecule is Cc1cccc(Nc2nc3c(c(Nc4ccc(F)cc4)n2)C(=O)CC(C)C3)c1. The fourth-order valence-corrected chi connectivity index (χ4v) is 3.44. The number of carbonyl (C=O) groups is 1. The van der Waals surface area contributed by atoms with Crippen molar-refractivity contribution in [3.8, 4) is 0 Å². The summed E-state index contributed by atoms with van der Waals surface area (Å²) in [4.78, 5) is 21.8. The van der Waals surface area contributed by atoms with Crippen molar-refractivity contribution in [2.24, 2.45) is 5.92 Å². The van der Waals surface area contributed by atoms with E-state index < -0.39 is 0 Å². The van der Waals surface area contributed by atoms with Gasteiger partial charge < -0.3 is 10.6 Å². The van der Waals surface area contributed by atoms with E-state index >= 15 is 0 Å². The topological polar surface area (TPSA) is 66.9 Å². The predicted molar refractivity (Wildman–Crippen MR) is 108 cm³/mol. The van der Waals surface area contributed by atoms with Crippen molar-refractivity contribution in [2.45, 2.75) is 26.7 Å². The second kappa shape index (κ2) is 7.38. The second-order valence-corrected chi connectivity index (χ2v) is 7.28. The normalized spacial score (nSPS) is 15.8. The Labute approximate surface area is 163 Å². The van der Waals surface area contributed by atoms with Gasteiger partial charge in [-0.2, -0.15) is 4.98 Å². The molecule has 0 radical (unpaired) electrons. The number of halogens is 1. The van der Waals surface area contributed by atoms with Crippen LogP contribution in [0.4, 0.5) is 27.5 Å². The third-order valence-corrected chi connectivity index (χ3v) is 4.72. The quantitative estimate of drug-likeness (QED) is 0.657. The van der Waals surface area contributed by atoms with Crippen LogP contribution in [0.3, 0.4) is 0 Å². The molecule has 1 aliphatic carbocycles. The van der Waals surface area contributed by atoms with Gasteiger partial charge in [-0.1, -0.05) is 19.1 Å². The van der Waals surface area contributed by atoms with E-state index in [-0.39, 0.29) is 17.5 Å². The van der Waals surface area contributed by atoms with Crippen LogP contribution in [0.1, 0.15) is 35.0 Å². The maximum absolute atomic E-state index is 13.2. The van der Waals surface area contributed by atoms with Crippen molar-refractivity contribution in [2.75, 3.05) is 10.6 Å². The first-order valence-corrected chi connectivity index (χ1v) is 9.28. The molecule has 5 nitrogen and oxygen atoms in total. The molecule has 1 aliphatic rings. The van der Waals surface area contributed by atoms with Crippen molar-refractivity contribution in [3.63, 3.8) is 0 Å². The van der Waals surface area contributed by atoms with Crippen LogP contribution >= 0.6 is 0 Å². The Kier molecular flexibility index (Phi) is 4.77. The molecule has 0 fully saturated rings. The van der Waals surface area contributed by atoms with E-state index in [0.29, 0.717) is 35.9 Å². The van der Waals surface area contributed by atoms with E-state index in [1.54, 1.807) is 12.1 Å². The number of carbonyl (C=O) groups excluding carboxylic acids is 1.